The molecule has 196 valence electrons. The van der Waals surface area contributed by atoms with Crippen molar-refractivity contribution in [1.82, 2.24) is 0 Å². The molecule has 0 unspecified atom stereocenters. The molecule has 9 rings (SSSR count). The minimum absolute atomic E-state index is 0.460. The van der Waals surface area contributed by atoms with Gasteiger partial charge in [0.05, 0.1) is 16.8 Å². The van der Waals surface area contributed by atoms with Crippen LogP contribution in [0.1, 0.15) is 22.3 Å². The molecule has 0 aromatic heterocycles. The van der Waals surface area contributed by atoms with E-state index in [9.17, 15) is 0 Å². The van der Waals surface area contributed by atoms with Gasteiger partial charge in [-0.05, 0) is 91.7 Å². The minimum atomic E-state index is -0.460. The highest BCUT2D eigenvalue weighted by Gasteiger charge is 2.52. The lowest BCUT2D eigenvalue weighted by Crippen LogP contribution is -2.36. The van der Waals surface area contributed by atoms with Gasteiger partial charge in [-0.15, -0.1) is 0 Å². The van der Waals surface area contributed by atoms with E-state index in [1.807, 2.05) is 0 Å². The molecule has 0 saturated heterocycles. The molecule has 0 saturated carbocycles. The standard InChI is InChI=1S/C41H27N/c1-3-14-28(15-4-1)32-20-13-23-36-40(32)33-26-29-16-7-8-17-30(29)27-37(33)41(36)34-21-9-11-24-38(34)42(31-18-5-2-6-19-31)39-25-12-10-22-35(39)41/h1-27H. The Labute approximate surface area is 246 Å². The Morgan fingerprint density at radius 3 is 1.62 bits per heavy atom. The van der Waals surface area contributed by atoms with Gasteiger partial charge in [0, 0.05) is 5.69 Å². The molecule has 0 radical (unpaired) electrons. The number of fused-ring (bicyclic) bond motifs is 10. The number of benzene rings is 7. The summed E-state index contributed by atoms with van der Waals surface area (Å²) in [5.74, 6) is 0. The van der Waals surface area contributed by atoms with Crippen molar-refractivity contribution in [2.75, 3.05) is 4.90 Å². The Hall–Kier alpha value is -5.40. The van der Waals surface area contributed by atoms with Crippen LogP contribution in [0.25, 0.3) is 33.0 Å². The number of anilines is 3. The summed E-state index contributed by atoms with van der Waals surface area (Å²) >= 11 is 0. The van der Waals surface area contributed by atoms with Crippen molar-refractivity contribution in [3.63, 3.8) is 0 Å². The summed E-state index contributed by atoms with van der Waals surface area (Å²) in [7, 11) is 0. The van der Waals surface area contributed by atoms with E-state index in [0.29, 0.717) is 0 Å². The third-order valence-corrected chi connectivity index (χ3v) is 9.22. The molecule has 0 bridgehead atoms. The second-order valence-corrected chi connectivity index (χ2v) is 11.3. The lowest BCUT2D eigenvalue weighted by Gasteiger charge is -2.45. The van der Waals surface area contributed by atoms with Gasteiger partial charge in [0.15, 0.2) is 0 Å². The van der Waals surface area contributed by atoms with Crippen LogP contribution in [-0.4, -0.2) is 0 Å². The van der Waals surface area contributed by atoms with Crippen molar-refractivity contribution in [3.8, 4) is 22.3 Å². The summed E-state index contributed by atoms with van der Waals surface area (Å²) < 4.78 is 0. The molecule has 7 aromatic rings. The normalized spacial score (nSPS) is 13.9. The number of rotatable bonds is 2. The van der Waals surface area contributed by atoms with E-state index >= 15 is 0 Å². The van der Waals surface area contributed by atoms with Crippen molar-refractivity contribution in [2.24, 2.45) is 0 Å². The van der Waals surface area contributed by atoms with Crippen molar-refractivity contribution in [2.45, 2.75) is 5.41 Å². The third kappa shape index (κ3) is 3.03. The second kappa shape index (κ2) is 8.80. The highest BCUT2D eigenvalue weighted by Crippen LogP contribution is 2.64. The molecule has 2 aliphatic rings. The largest absolute Gasteiger partial charge is 0.310 e. The quantitative estimate of drug-likeness (QED) is 0.214. The summed E-state index contributed by atoms with van der Waals surface area (Å²) in [6, 6.07) is 60.3. The molecule has 1 nitrogen and oxygen atoms in total. The van der Waals surface area contributed by atoms with Crippen LogP contribution < -0.4 is 4.90 Å². The first kappa shape index (κ1) is 23.3. The van der Waals surface area contributed by atoms with Crippen molar-refractivity contribution >= 4 is 27.8 Å². The lowest BCUT2D eigenvalue weighted by molar-refractivity contribution is 0.754. The first-order chi connectivity index (χ1) is 20.9. The molecule has 0 fully saturated rings. The van der Waals surface area contributed by atoms with Gasteiger partial charge in [-0.2, -0.15) is 0 Å². The zero-order chi connectivity index (χ0) is 27.7. The maximum atomic E-state index is 2.46. The molecule has 1 aliphatic heterocycles. The molecule has 1 heteroatoms. The molecule has 7 aromatic carbocycles. The Morgan fingerprint density at radius 1 is 0.381 bits per heavy atom. The maximum Gasteiger partial charge on any atom is 0.0754 e. The predicted octanol–water partition coefficient (Wildman–Crippen LogP) is 10.7. The summed E-state index contributed by atoms with van der Waals surface area (Å²) in [6.45, 7) is 0. The van der Waals surface area contributed by atoms with Gasteiger partial charge in [0.25, 0.3) is 0 Å². The summed E-state index contributed by atoms with van der Waals surface area (Å²) in [5.41, 5.74) is 13.7. The van der Waals surface area contributed by atoms with E-state index in [2.05, 4.69) is 169 Å². The zero-order valence-electron chi connectivity index (χ0n) is 23.0. The molecular formula is C41H27N. The van der Waals surface area contributed by atoms with Crippen LogP contribution in [0.5, 0.6) is 0 Å². The Kier molecular flexibility index (Phi) is 4.88. The van der Waals surface area contributed by atoms with Gasteiger partial charge in [-0.3, -0.25) is 0 Å². The van der Waals surface area contributed by atoms with Crippen LogP contribution in [0.3, 0.4) is 0 Å². The van der Waals surface area contributed by atoms with E-state index in [4.69, 9.17) is 0 Å². The highest BCUT2D eigenvalue weighted by molar-refractivity contribution is 6.03. The topological polar surface area (TPSA) is 3.24 Å². The molecule has 0 atom stereocenters. The first-order valence-electron chi connectivity index (χ1n) is 14.6. The zero-order valence-corrected chi connectivity index (χ0v) is 23.0. The molecule has 1 spiro atoms. The van der Waals surface area contributed by atoms with Gasteiger partial charge in [0.1, 0.15) is 0 Å². The number of para-hydroxylation sites is 3. The predicted molar refractivity (Wildman–Crippen MR) is 175 cm³/mol. The monoisotopic (exact) mass is 533 g/mol. The third-order valence-electron chi connectivity index (χ3n) is 9.22. The van der Waals surface area contributed by atoms with Gasteiger partial charge in [-0.1, -0.05) is 127 Å². The fourth-order valence-electron chi connectivity index (χ4n) is 7.60. The molecule has 1 heterocycles. The van der Waals surface area contributed by atoms with Crippen LogP contribution in [0.2, 0.25) is 0 Å². The maximum absolute atomic E-state index is 2.46. The van der Waals surface area contributed by atoms with Gasteiger partial charge >= 0.3 is 0 Å². The average molecular weight is 534 g/mol. The molecule has 0 amide bonds. The highest BCUT2D eigenvalue weighted by atomic mass is 15.2. The Morgan fingerprint density at radius 2 is 0.929 bits per heavy atom. The van der Waals surface area contributed by atoms with Crippen molar-refractivity contribution in [1.29, 1.82) is 0 Å². The van der Waals surface area contributed by atoms with E-state index in [1.54, 1.807) is 0 Å². The summed E-state index contributed by atoms with van der Waals surface area (Å²) in [5, 5.41) is 2.54. The van der Waals surface area contributed by atoms with Crippen LogP contribution in [0, 0.1) is 0 Å². The van der Waals surface area contributed by atoms with E-state index in [-0.39, 0.29) is 0 Å². The van der Waals surface area contributed by atoms with Gasteiger partial charge in [-0.25, -0.2) is 0 Å². The lowest BCUT2D eigenvalue weighted by atomic mass is 9.64. The van der Waals surface area contributed by atoms with E-state index < -0.39 is 5.41 Å². The van der Waals surface area contributed by atoms with Crippen LogP contribution in [0.15, 0.2) is 164 Å². The van der Waals surface area contributed by atoms with Crippen molar-refractivity contribution in [3.05, 3.63) is 186 Å². The van der Waals surface area contributed by atoms with E-state index in [1.165, 1.54) is 72.3 Å². The number of hydrogen-bond acceptors (Lipinski definition) is 1. The molecule has 0 N–H and O–H groups in total. The van der Waals surface area contributed by atoms with Crippen LogP contribution in [0.4, 0.5) is 17.1 Å². The SMILES string of the molecule is c1ccc(-c2cccc3c2-c2cc4ccccc4cc2C32c3ccccc3N(c3ccccc3)c3ccccc32)cc1. The number of hydrogen-bond donors (Lipinski definition) is 0. The Balaban J connectivity index is 1.48. The van der Waals surface area contributed by atoms with Crippen LogP contribution in [-0.2, 0) is 5.41 Å². The molecular weight excluding hydrogens is 506 g/mol. The Bertz CT molecular complexity index is 2100. The van der Waals surface area contributed by atoms with Gasteiger partial charge in [0.2, 0.25) is 0 Å². The van der Waals surface area contributed by atoms with Crippen LogP contribution >= 0.6 is 0 Å². The number of nitrogens with zero attached hydrogens (tertiary/aromatic N) is 1. The smallest absolute Gasteiger partial charge is 0.0754 e. The van der Waals surface area contributed by atoms with E-state index in [0.717, 1.165) is 0 Å². The fourth-order valence-corrected chi connectivity index (χ4v) is 7.60. The molecule has 42 heavy (non-hydrogen) atoms. The second-order valence-electron chi connectivity index (χ2n) is 11.3. The molecule has 1 aliphatic carbocycles. The minimum Gasteiger partial charge on any atom is -0.310 e. The first-order valence-corrected chi connectivity index (χ1v) is 14.6. The summed E-state index contributed by atoms with van der Waals surface area (Å²) in [4.78, 5) is 2.44. The fraction of sp³-hybridized carbons (Fsp3) is 0.0244. The van der Waals surface area contributed by atoms with Gasteiger partial charge < -0.3 is 4.90 Å². The van der Waals surface area contributed by atoms with Crippen molar-refractivity contribution < 1.29 is 0 Å². The summed E-state index contributed by atoms with van der Waals surface area (Å²) in [6.07, 6.45) is 0. The average Bonchev–Trinajstić information content (AvgIpc) is 3.35.